The Bertz CT molecular complexity index is 674. The number of anilines is 2. The Hall–Kier alpha value is -2.37. The maximum Gasteiger partial charge on any atom is 0.252 e. The van der Waals surface area contributed by atoms with Crippen molar-refractivity contribution in [2.75, 3.05) is 36.0 Å². The zero-order valence-corrected chi connectivity index (χ0v) is 13.0. The number of pyridine rings is 1. The summed E-state index contributed by atoms with van der Waals surface area (Å²) in [6.45, 7) is 7.47. The number of piperazine rings is 1. The maximum absolute atomic E-state index is 11.8. The van der Waals surface area contributed by atoms with Gasteiger partial charge >= 0.3 is 0 Å². The molecule has 0 aromatic carbocycles. The Morgan fingerprint density at radius 2 is 1.86 bits per heavy atom. The third-order valence-electron chi connectivity index (χ3n) is 3.89. The maximum atomic E-state index is 11.8. The van der Waals surface area contributed by atoms with Crippen LogP contribution in [-0.2, 0) is 0 Å². The first-order valence-electron chi connectivity index (χ1n) is 7.65. The highest BCUT2D eigenvalue weighted by molar-refractivity contribution is 5.42. The molecule has 22 heavy (non-hydrogen) atoms. The fraction of sp³-hybridized carbons (Fsp3) is 0.438. The summed E-state index contributed by atoms with van der Waals surface area (Å²) in [4.78, 5) is 28.0. The zero-order chi connectivity index (χ0) is 15.5. The molecule has 0 bridgehead atoms. The van der Waals surface area contributed by atoms with Gasteiger partial charge in [-0.3, -0.25) is 9.78 Å². The van der Waals surface area contributed by atoms with Crippen molar-refractivity contribution in [1.29, 1.82) is 0 Å². The Kier molecular flexibility index (Phi) is 4.09. The first-order valence-corrected chi connectivity index (χ1v) is 7.65. The summed E-state index contributed by atoms with van der Waals surface area (Å²) in [5.41, 5.74) is 0.756. The van der Waals surface area contributed by atoms with E-state index in [-0.39, 0.29) is 11.5 Å². The second kappa shape index (κ2) is 6.17. The van der Waals surface area contributed by atoms with Crippen LogP contribution in [0.1, 0.15) is 25.5 Å². The van der Waals surface area contributed by atoms with Crippen LogP contribution in [0, 0.1) is 0 Å². The van der Waals surface area contributed by atoms with Gasteiger partial charge < -0.3 is 9.80 Å². The van der Waals surface area contributed by atoms with Gasteiger partial charge in [0.1, 0.15) is 5.82 Å². The summed E-state index contributed by atoms with van der Waals surface area (Å²) in [6, 6.07) is 7.53. The number of H-pyrrole nitrogens is 1. The van der Waals surface area contributed by atoms with Gasteiger partial charge in [0.2, 0.25) is 5.95 Å². The van der Waals surface area contributed by atoms with Gasteiger partial charge in [-0.15, -0.1) is 0 Å². The molecule has 2 aromatic rings. The molecule has 3 heterocycles. The monoisotopic (exact) mass is 299 g/mol. The van der Waals surface area contributed by atoms with E-state index in [1.165, 1.54) is 0 Å². The average molecular weight is 299 g/mol. The molecule has 1 fully saturated rings. The van der Waals surface area contributed by atoms with Crippen molar-refractivity contribution >= 4 is 11.8 Å². The molecule has 1 aliphatic heterocycles. The van der Waals surface area contributed by atoms with Gasteiger partial charge in [0.05, 0.1) is 5.69 Å². The Labute approximate surface area is 129 Å². The molecule has 2 aromatic heterocycles. The van der Waals surface area contributed by atoms with E-state index in [1.807, 2.05) is 38.2 Å². The highest BCUT2D eigenvalue weighted by Gasteiger charge is 2.20. The summed E-state index contributed by atoms with van der Waals surface area (Å²) in [5, 5.41) is 0. The number of hydrogen-bond acceptors (Lipinski definition) is 5. The number of nitrogens with zero attached hydrogens (tertiary/aromatic N) is 4. The van der Waals surface area contributed by atoms with Crippen molar-refractivity contribution in [3.63, 3.8) is 0 Å². The van der Waals surface area contributed by atoms with Crippen molar-refractivity contribution in [2.24, 2.45) is 0 Å². The molecule has 0 spiro atoms. The minimum absolute atomic E-state index is 0.0825. The summed E-state index contributed by atoms with van der Waals surface area (Å²) >= 11 is 0. The van der Waals surface area contributed by atoms with Crippen LogP contribution in [0.3, 0.4) is 0 Å². The molecule has 0 amide bonds. The fourth-order valence-corrected chi connectivity index (χ4v) is 2.60. The van der Waals surface area contributed by atoms with E-state index in [0.29, 0.717) is 5.95 Å². The standard InChI is InChI=1S/C16H21N5O/c1-12(2)13-11-15(22)19-16(18-13)21-9-7-20(8-10-21)14-5-3-4-6-17-14/h3-6,11-12H,7-10H2,1-2H3,(H,18,19,22). The molecule has 3 rings (SSSR count). The molecule has 116 valence electrons. The molecule has 0 atom stereocenters. The molecule has 0 radical (unpaired) electrons. The zero-order valence-electron chi connectivity index (χ0n) is 13.0. The SMILES string of the molecule is CC(C)c1cc(=O)[nH]c(N2CCN(c3ccccn3)CC2)n1. The number of aromatic nitrogens is 3. The van der Waals surface area contributed by atoms with E-state index in [9.17, 15) is 4.79 Å². The Morgan fingerprint density at radius 1 is 1.14 bits per heavy atom. The molecular weight excluding hydrogens is 278 g/mol. The van der Waals surface area contributed by atoms with Crippen molar-refractivity contribution < 1.29 is 0 Å². The van der Waals surface area contributed by atoms with Crippen LogP contribution in [0.25, 0.3) is 0 Å². The van der Waals surface area contributed by atoms with E-state index in [2.05, 4.69) is 24.8 Å². The van der Waals surface area contributed by atoms with Crippen LogP contribution in [-0.4, -0.2) is 41.1 Å². The Morgan fingerprint density at radius 3 is 2.50 bits per heavy atom. The molecule has 6 nitrogen and oxygen atoms in total. The predicted molar refractivity (Wildman–Crippen MR) is 87.6 cm³/mol. The van der Waals surface area contributed by atoms with Gasteiger partial charge in [-0.1, -0.05) is 19.9 Å². The smallest absolute Gasteiger partial charge is 0.252 e. The van der Waals surface area contributed by atoms with Gasteiger partial charge in [-0.25, -0.2) is 9.97 Å². The quantitative estimate of drug-likeness (QED) is 0.933. The number of rotatable bonds is 3. The number of nitrogens with one attached hydrogen (secondary N) is 1. The lowest BCUT2D eigenvalue weighted by atomic mass is 10.1. The van der Waals surface area contributed by atoms with Crippen LogP contribution in [0.4, 0.5) is 11.8 Å². The normalized spacial score (nSPS) is 15.4. The third-order valence-corrected chi connectivity index (χ3v) is 3.89. The number of aromatic amines is 1. The van der Waals surface area contributed by atoms with Crippen LogP contribution in [0.15, 0.2) is 35.3 Å². The third kappa shape index (κ3) is 3.10. The van der Waals surface area contributed by atoms with E-state index in [4.69, 9.17) is 0 Å². The van der Waals surface area contributed by atoms with Crippen molar-refractivity contribution in [1.82, 2.24) is 15.0 Å². The molecule has 0 unspecified atom stereocenters. The van der Waals surface area contributed by atoms with Gasteiger partial charge in [0.25, 0.3) is 5.56 Å². The van der Waals surface area contributed by atoms with E-state index in [1.54, 1.807) is 6.07 Å². The van der Waals surface area contributed by atoms with Crippen molar-refractivity contribution in [3.05, 3.63) is 46.5 Å². The molecule has 6 heteroatoms. The van der Waals surface area contributed by atoms with Crippen molar-refractivity contribution in [3.8, 4) is 0 Å². The molecule has 0 saturated carbocycles. The van der Waals surface area contributed by atoms with Gasteiger partial charge in [0, 0.05) is 38.4 Å². The first kappa shape index (κ1) is 14.6. The second-order valence-electron chi connectivity index (χ2n) is 5.81. The van der Waals surface area contributed by atoms with Gasteiger partial charge in [-0.2, -0.15) is 0 Å². The predicted octanol–water partition coefficient (Wildman–Crippen LogP) is 1.61. The largest absolute Gasteiger partial charge is 0.353 e. The lowest BCUT2D eigenvalue weighted by molar-refractivity contribution is 0.630. The van der Waals surface area contributed by atoms with Crippen LogP contribution in [0.2, 0.25) is 0 Å². The lowest BCUT2D eigenvalue weighted by Crippen LogP contribution is -2.47. The molecule has 1 aliphatic rings. The van der Waals surface area contributed by atoms with Crippen LogP contribution in [0.5, 0.6) is 0 Å². The van der Waals surface area contributed by atoms with E-state index >= 15 is 0 Å². The average Bonchev–Trinajstić information content (AvgIpc) is 2.55. The number of hydrogen-bond donors (Lipinski definition) is 1. The molecule has 0 aliphatic carbocycles. The van der Waals surface area contributed by atoms with Crippen LogP contribution < -0.4 is 15.4 Å². The topological polar surface area (TPSA) is 65.1 Å². The highest BCUT2D eigenvalue weighted by Crippen LogP contribution is 2.17. The highest BCUT2D eigenvalue weighted by atomic mass is 16.1. The molecule has 1 saturated heterocycles. The lowest BCUT2D eigenvalue weighted by Gasteiger charge is -2.35. The summed E-state index contributed by atoms with van der Waals surface area (Å²) < 4.78 is 0. The van der Waals surface area contributed by atoms with Gasteiger partial charge in [0.15, 0.2) is 0 Å². The summed E-state index contributed by atoms with van der Waals surface area (Å²) in [6.07, 6.45) is 1.81. The van der Waals surface area contributed by atoms with Gasteiger partial charge in [-0.05, 0) is 18.1 Å². The Balaban J connectivity index is 1.73. The first-order chi connectivity index (χ1) is 10.6. The second-order valence-corrected chi connectivity index (χ2v) is 5.81. The van der Waals surface area contributed by atoms with Crippen LogP contribution >= 0.6 is 0 Å². The molecular formula is C16H21N5O. The van der Waals surface area contributed by atoms with E-state index < -0.39 is 0 Å². The molecule has 1 N–H and O–H groups in total. The minimum atomic E-state index is -0.0825. The fourth-order valence-electron chi connectivity index (χ4n) is 2.60. The van der Waals surface area contributed by atoms with E-state index in [0.717, 1.165) is 37.7 Å². The van der Waals surface area contributed by atoms with Crippen molar-refractivity contribution in [2.45, 2.75) is 19.8 Å². The summed E-state index contributed by atoms with van der Waals surface area (Å²) in [7, 11) is 0. The minimum Gasteiger partial charge on any atom is -0.353 e. The summed E-state index contributed by atoms with van der Waals surface area (Å²) in [5.74, 6) is 1.92.